The number of rotatable bonds is 7. The minimum absolute atomic E-state index is 0.0986. The van der Waals surface area contributed by atoms with Gasteiger partial charge in [-0.3, -0.25) is 0 Å². The molecule has 1 saturated heterocycles. The van der Waals surface area contributed by atoms with Gasteiger partial charge in [0.25, 0.3) is 0 Å². The first kappa shape index (κ1) is 17.8. The summed E-state index contributed by atoms with van der Waals surface area (Å²) in [5.74, 6) is -0.197. The van der Waals surface area contributed by atoms with Gasteiger partial charge in [0.2, 0.25) is 10.0 Å². The summed E-state index contributed by atoms with van der Waals surface area (Å²) in [6.07, 6.45) is 0.529. The third-order valence-corrected chi connectivity index (χ3v) is 7.05. The van der Waals surface area contributed by atoms with Gasteiger partial charge in [-0.25, -0.2) is 21.6 Å². The summed E-state index contributed by atoms with van der Waals surface area (Å²) in [5.41, 5.74) is -1.19. The lowest BCUT2D eigenvalue weighted by Crippen LogP contribution is -2.46. The number of sulfone groups is 1. The molecule has 0 saturated carbocycles. The van der Waals surface area contributed by atoms with E-state index < -0.39 is 30.7 Å². The van der Waals surface area contributed by atoms with E-state index in [4.69, 9.17) is 4.74 Å². The number of aliphatic hydroxyl groups is 1. The van der Waals surface area contributed by atoms with Crippen molar-refractivity contribution in [1.29, 1.82) is 0 Å². The Morgan fingerprint density at radius 3 is 2.40 bits per heavy atom. The molecule has 0 aromatic rings. The molecule has 0 spiro atoms. The Hall–Kier alpha value is -0.220. The molecule has 7 nitrogen and oxygen atoms in total. The summed E-state index contributed by atoms with van der Waals surface area (Å²) >= 11 is 0. The van der Waals surface area contributed by atoms with Crippen molar-refractivity contribution in [1.82, 2.24) is 4.72 Å². The third-order valence-electron chi connectivity index (χ3n) is 3.44. The Kier molecular flexibility index (Phi) is 5.97. The molecule has 0 bridgehead atoms. The Labute approximate surface area is 120 Å². The largest absolute Gasteiger partial charge is 0.389 e. The second-order valence-corrected chi connectivity index (χ2v) is 9.81. The maximum Gasteiger partial charge on any atom is 0.214 e. The van der Waals surface area contributed by atoms with Gasteiger partial charge in [0.05, 0.1) is 22.4 Å². The highest BCUT2D eigenvalue weighted by Gasteiger charge is 2.34. The van der Waals surface area contributed by atoms with Crippen LogP contribution in [0.5, 0.6) is 0 Å². The van der Waals surface area contributed by atoms with Gasteiger partial charge in [0, 0.05) is 26.7 Å². The summed E-state index contributed by atoms with van der Waals surface area (Å²) in [5, 5.41) is 9.28. The average molecular weight is 329 g/mol. The molecule has 0 aliphatic carbocycles. The van der Waals surface area contributed by atoms with Crippen molar-refractivity contribution in [2.45, 2.75) is 37.0 Å². The number of hydrogen-bond donors (Lipinski definition) is 2. The Morgan fingerprint density at radius 1 is 1.35 bits per heavy atom. The molecule has 1 fully saturated rings. The fourth-order valence-corrected chi connectivity index (χ4v) is 5.36. The fourth-order valence-electron chi connectivity index (χ4n) is 1.96. The molecule has 9 heteroatoms. The number of nitrogens with one attached hydrogen (secondary N) is 1. The monoisotopic (exact) mass is 329 g/mol. The van der Waals surface area contributed by atoms with Crippen LogP contribution in [0.3, 0.4) is 0 Å². The lowest BCUT2D eigenvalue weighted by atomic mass is 10.0. The zero-order valence-electron chi connectivity index (χ0n) is 11.8. The predicted octanol–water partition coefficient (Wildman–Crippen LogP) is -0.729. The van der Waals surface area contributed by atoms with Crippen LogP contribution < -0.4 is 4.72 Å². The first-order valence-corrected chi connectivity index (χ1v) is 9.85. The molecular formula is C11H23NO6S2. The number of methoxy groups -OCH3 is 1. The van der Waals surface area contributed by atoms with Crippen LogP contribution in [0.25, 0.3) is 0 Å². The molecule has 2 N–H and O–H groups in total. The van der Waals surface area contributed by atoms with Gasteiger partial charge in [-0.15, -0.1) is 0 Å². The van der Waals surface area contributed by atoms with E-state index in [2.05, 4.69) is 4.72 Å². The lowest BCUT2D eigenvalue weighted by molar-refractivity contribution is 0.0291. The van der Waals surface area contributed by atoms with Crippen molar-refractivity contribution in [2.24, 2.45) is 0 Å². The summed E-state index contributed by atoms with van der Waals surface area (Å²) < 4.78 is 53.9. The van der Waals surface area contributed by atoms with Crippen LogP contribution in [0, 0.1) is 0 Å². The maximum absolute atomic E-state index is 12.1. The highest BCUT2D eigenvalue weighted by Crippen LogP contribution is 2.19. The molecule has 0 aromatic heterocycles. The number of sulfonamides is 1. The van der Waals surface area contributed by atoms with E-state index in [1.165, 1.54) is 14.0 Å². The van der Waals surface area contributed by atoms with Gasteiger partial charge in [-0.1, -0.05) is 0 Å². The molecule has 1 unspecified atom stereocenters. The predicted molar refractivity (Wildman–Crippen MR) is 75.7 cm³/mol. The molecule has 0 radical (unpaired) electrons. The van der Waals surface area contributed by atoms with Gasteiger partial charge in [0.15, 0.2) is 0 Å². The molecule has 1 atom stereocenters. The molecule has 120 valence electrons. The summed E-state index contributed by atoms with van der Waals surface area (Å²) in [6.45, 7) is 1.75. The Bertz CT molecular complexity index is 497. The second-order valence-electron chi connectivity index (χ2n) is 5.46. The number of hydrogen-bond acceptors (Lipinski definition) is 6. The van der Waals surface area contributed by atoms with E-state index in [-0.39, 0.29) is 30.9 Å². The zero-order chi connectivity index (χ0) is 15.4. The minimum atomic E-state index is -3.61. The van der Waals surface area contributed by atoms with Crippen molar-refractivity contribution >= 4 is 19.9 Å². The van der Waals surface area contributed by atoms with E-state index in [0.29, 0.717) is 13.0 Å². The summed E-state index contributed by atoms with van der Waals surface area (Å²) in [6, 6.07) is 0. The lowest BCUT2D eigenvalue weighted by Gasteiger charge is -2.26. The van der Waals surface area contributed by atoms with E-state index in [9.17, 15) is 21.9 Å². The van der Waals surface area contributed by atoms with Crippen LogP contribution in [-0.2, 0) is 24.6 Å². The van der Waals surface area contributed by atoms with Crippen LogP contribution >= 0.6 is 0 Å². The van der Waals surface area contributed by atoms with Crippen molar-refractivity contribution in [2.75, 3.05) is 31.8 Å². The Balaban J connectivity index is 2.54. The van der Waals surface area contributed by atoms with E-state index in [1.807, 2.05) is 0 Å². The summed E-state index contributed by atoms with van der Waals surface area (Å²) in [4.78, 5) is 0. The highest BCUT2D eigenvalue weighted by atomic mass is 32.2. The van der Waals surface area contributed by atoms with Crippen LogP contribution in [0.1, 0.15) is 26.2 Å². The van der Waals surface area contributed by atoms with Gasteiger partial charge in [0.1, 0.15) is 9.84 Å². The molecular weight excluding hydrogens is 306 g/mol. The topological polar surface area (TPSA) is 110 Å². The van der Waals surface area contributed by atoms with Gasteiger partial charge < -0.3 is 9.84 Å². The van der Waals surface area contributed by atoms with E-state index >= 15 is 0 Å². The van der Waals surface area contributed by atoms with Crippen molar-refractivity contribution in [3.8, 4) is 0 Å². The third kappa shape index (κ3) is 5.65. The molecule has 1 rings (SSSR count). The molecule has 20 heavy (non-hydrogen) atoms. The molecule has 1 aliphatic heterocycles. The van der Waals surface area contributed by atoms with Crippen LogP contribution in [0.4, 0.5) is 0 Å². The minimum Gasteiger partial charge on any atom is -0.389 e. The fraction of sp³-hybridized carbons (Fsp3) is 1.00. The quantitative estimate of drug-likeness (QED) is 0.637. The zero-order valence-corrected chi connectivity index (χ0v) is 13.5. The molecule has 0 amide bonds. The summed E-state index contributed by atoms with van der Waals surface area (Å²) in [7, 11) is -5.19. The Morgan fingerprint density at radius 2 is 1.90 bits per heavy atom. The second kappa shape index (κ2) is 6.69. The first-order valence-electron chi connectivity index (χ1n) is 6.48. The molecule has 1 heterocycles. The van der Waals surface area contributed by atoms with Crippen LogP contribution in [0.2, 0.25) is 0 Å². The van der Waals surface area contributed by atoms with Gasteiger partial charge in [-0.05, 0) is 19.8 Å². The molecule has 1 aliphatic rings. The van der Waals surface area contributed by atoms with Crippen molar-refractivity contribution < 1.29 is 26.7 Å². The smallest absolute Gasteiger partial charge is 0.214 e. The first-order chi connectivity index (χ1) is 9.08. The van der Waals surface area contributed by atoms with E-state index in [0.717, 1.165) is 0 Å². The van der Waals surface area contributed by atoms with Crippen molar-refractivity contribution in [3.05, 3.63) is 0 Å². The normalized spacial score (nSPS) is 23.4. The molecule has 0 aromatic carbocycles. The van der Waals surface area contributed by atoms with E-state index in [1.54, 1.807) is 0 Å². The van der Waals surface area contributed by atoms with Crippen LogP contribution in [-0.4, -0.2) is 64.6 Å². The average Bonchev–Trinajstić information content (AvgIpc) is 2.34. The van der Waals surface area contributed by atoms with Gasteiger partial charge in [-0.2, -0.15) is 0 Å². The van der Waals surface area contributed by atoms with Crippen LogP contribution in [0.15, 0.2) is 0 Å². The maximum atomic E-state index is 12.1. The highest BCUT2D eigenvalue weighted by molar-refractivity contribution is 7.92. The van der Waals surface area contributed by atoms with Gasteiger partial charge >= 0.3 is 0 Å². The van der Waals surface area contributed by atoms with Crippen molar-refractivity contribution in [3.63, 3.8) is 0 Å². The standard InChI is InChI=1S/C11H23NO6S2/c1-11(13,5-6-18-2)9-12-20(16,17)10-3-7-19(14,15)8-4-10/h10,12-13H,3-9H2,1-2H3. The SMILES string of the molecule is COCCC(C)(O)CNS(=O)(=O)C1CCS(=O)(=O)CC1. The number of ether oxygens (including phenoxy) is 1.